The lowest BCUT2D eigenvalue weighted by Crippen LogP contribution is -2.08. The maximum absolute atomic E-state index is 10.1. The minimum atomic E-state index is -0.688. The molecule has 0 fully saturated rings. The number of hydrogen-bond acceptors (Lipinski definition) is 9. The van der Waals surface area contributed by atoms with Gasteiger partial charge in [0.05, 0.1) is 28.8 Å². The molecule has 0 N–H and O–H groups in total. The van der Waals surface area contributed by atoms with Crippen molar-refractivity contribution in [1.29, 1.82) is 5.26 Å². The predicted molar refractivity (Wildman–Crippen MR) is 126 cm³/mol. The summed E-state index contributed by atoms with van der Waals surface area (Å²) in [4.78, 5) is 35.5. The number of imidazole rings is 2. The molecule has 6 heterocycles. The number of nitriles is 1. The molecule has 0 atom stereocenters. The Morgan fingerprint density at radius 3 is 1.63 bits per heavy atom. The molecule has 0 saturated heterocycles. The molecule has 0 aromatic carbocycles. The summed E-state index contributed by atoms with van der Waals surface area (Å²) < 4.78 is 3.57. The molecule has 35 heavy (non-hydrogen) atoms. The van der Waals surface area contributed by atoms with E-state index in [4.69, 9.17) is 9.97 Å². The fourth-order valence-electron chi connectivity index (χ4n) is 3.99. The lowest BCUT2D eigenvalue weighted by atomic mass is 10.0. The van der Waals surface area contributed by atoms with Gasteiger partial charge in [-0.3, -0.25) is 9.13 Å². The largest absolute Gasteiger partial charge is 0.267 e. The molecule has 0 aliphatic heterocycles. The van der Waals surface area contributed by atoms with Gasteiger partial charge in [-0.25, -0.2) is 39.9 Å². The molecule has 0 saturated carbocycles. The van der Waals surface area contributed by atoms with Gasteiger partial charge in [-0.05, 0) is 38.1 Å². The summed E-state index contributed by atoms with van der Waals surface area (Å²) >= 11 is 0. The van der Waals surface area contributed by atoms with Gasteiger partial charge >= 0.3 is 0 Å². The fourth-order valence-corrected chi connectivity index (χ4v) is 3.99. The van der Waals surface area contributed by atoms with E-state index in [2.05, 4.69) is 36.0 Å². The van der Waals surface area contributed by atoms with Gasteiger partial charge in [-0.2, -0.15) is 5.26 Å². The summed E-state index contributed by atoms with van der Waals surface area (Å²) in [6.45, 7) is 3.76. The molecule has 0 aliphatic rings. The Labute approximate surface area is 198 Å². The Morgan fingerprint density at radius 1 is 0.686 bits per heavy atom. The van der Waals surface area contributed by atoms with Gasteiger partial charge in [-0.15, -0.1) is 0 Å². The minimum Gasteiger partial charge on any atom is -0.267 e. The Bertz CT molecular complexity index is 1640. The summed E-state index contributed by atoms with van der Waals surface area (Å²) in [5, 5.41) is 10.1. The highest BCUT2D eigenvalue weighted by Gasteiger charge is 2.20. The average molecular weight is 459 g/mol. The van der Waals surface area contributed by atoms with E-state index in [0.717, 1.165) is 11.4 Å². The van der Waals surface area contributed by atoms with Gasteiger partial charge in [0.2, 0.25) is 0 Å². The molecule has 0 unspecified atom stereocenters. The van der Waals surface area contributed by atoms with Crippen molar-refractivity contribution in [3.8, 4) is 17.7 Å². The number of aryl methyl sites for hydroxylation is 2. The van der Waals surface area contributed by atoms with Crippen molar-refractivity contribution >= 4 is 22.3 Å². The second kappa shape index (κ2) is 8.03. The van der Waals surface area contributed by atoms with Crippen molar-refractivity contribution in [2.45, 2.75) is 19.8 Å². The third-order valence-electron chi connectivity index (χ3n) is 5.76. The molecular weight excluding hydrogens is 442 g/mol. The van der Waals surface area contributed by atoms with Crippen LogP contribution in [-0.4, -0.2) is 49.0 Å². The SMILES string of the molecule is Cc1ncnc2c1ncn2-c1cccc(C(C#N)c2cccc(-n3cnc4c(C)ncnc43)n2)n1. The first-order valence-electron chi connectivity index (χ1n) is 10.8. The van der Waals surface area contributed by atoms with Crippen LogP contribution in [-0.2, 0) is 0 Å². The molecule has 6 rings (SSSR count). The Morgan fingerprint density at radius 2 is 1.17 bits per heavy atom. The van der Waals surface area contributed by atoms with E-state index >= 15 is 0 Å². The Hall–Kier alpha value is -5.11. The van der Waals surface area contributed by atoms with Gasteiger partial charge in [0.15, 0.2) is 11.3 Å². The Balaban J connectivity index is 1.41. The summed E-state index contributed by atoms with van der Waals surface area (Å²) in [5.74, 6) is 0.520. The van der Waals surface area contributed by atoms with Crippen LogP contribution in [0.15, 0.2) is 61.7 Å². The zero-order valence-electron chi connectivity index (χ0n) is 18.8. The standard InChI is InChI=1S/C24H17N11/c1-14-21-23(28-10-26-14)34(12-30-21)19-7-3-5-17(32-19)16(9-25)18-6-4-8-20(33-18)35-13-31-22-15(2)27-11-29-24(22)35/h3-8,10-13,16H,1-2H3. The average Bonchev–Trinajstić information content (AvgIpc) is 3.51. The summed E-state index contributed by atoms with van der Waals surface area (Å²) in [5.41, 5.74) is 5.42. The van der Waals surface area contributed by atoms with E-state index in [1.54, 1.807) is 21.8 Å². The van der Waals surface area contributed by atoms with Crippen molar-refractivity contribution in [2.24, 2.45) is 0 Å². The van der Waals surface area contributed by atoms with Crippen LogP contribution < -0.4 is 0 Å². The summed E-state index contributed by atoms with van der Waals surface area (Å²) in [6.07, 6.45) is 6.32. The maximum atomic E-state index is 10.1. The molecule has 0 amide bonds. The van der Waals surface area contributed by atoms with Crippen molar-refractivity contribution in [3.05, 3.63) is 84.5 Å². The van der Waals surface area contributed by atoms with E-state index < -0.39 is 5.92 Å². The number of nitrogens with zero attached hydrogens (tertiary/aromatic N) is 11. The number of pyridine rings is 2. The van der Waals surface area contributed by atoms with Crippen LogP contribution in [0.2, 0.25) is 0 Å². The molecule has 6 aromatic heterocycles. The normalized spacial score (nSPS) is 11.4. The number of hydrogen-bond donors (Lipinski definition) is 0. The first-order valence-corrected chi connectivity index (χ1v) is 10.8. The molecule has 0 spiro atoms. The van der Waals surface area contributed by atoms with Crippen LogP contribution in [0.1, 0.15) is 28.7 Å². The molecule has 0 radical (unpaired) electrons. The first kappa shape index (κ1) is 20.5. The summed E-state index contributed by atoms with van der Waals surface area (Å²) in [6, 6.07) is 13.4. The van der Waals surface area contributed by atoms with E-state index in [0.29, 0.717) is 45.4 Å². The van der Waals surface area contributed by atoms with Crippen molar-refractivity contribution < 1.29 is 0 Å². The smallest absolute Gasteiger partial charge is 0.169 e. The monoisotopic (exact) mass is 459 g/mol. The first-order chi connectivity index (χ1) is 17.1. The molecule has 168 valence electrons. The molecule has 6 aromatic rings. The van der Waals surface area contributed by atoms with Gasteiger partial charge in [-0.1, -0.05) is 12.1 Å². The lowest BCUT2D eigenvalue weighted by molar-refractivity contribution is 0.874. The van der Waals surface area contributed by atoms with Gasteiger partial charge < -0.3 is 0 Å². The number of fused-ring (bicyclic) bond motifs is 2. The zero-order chi connectivity index (χ0) is 23.9. The molecule has 0 bridgehead atoms. The van der Waals surface area contributed by atoms with Gasteiger partial charge in [0.1, 0.15) is 53.9 Å². The van der Waals surface area contributed by atoms with E-state index in [-0.39, 0.29) is 0 Å². The highest BCUT2D eigenvalue weighted by molar-refractivity contribution is 5.75. The summed E-state index contributed by atoms with van der Waals surface area (Å²) in [7, 11) is 0. The van der Waals surface area contributed by atoms with Crippen molar-refractivity contribution in [1.82, 2.24) is 49.0 Å². The lowest BCUT2D eigenvalue weighted by Gasteiger charge is -2.12. The highest BCUT2D eigenvalue weighted by Crippen LogP contribution is 2.25. The van der Waals surface area contributed by atoms with Gasteiger partial charge in [0, 0.05) is 0 Å². The number of rotatable bonds is 4. The van der Waals surface area contributed by atoms with Crippen LogP contribution in [0.5, 0.6) is 0 Å². The van der Waals surface area contributed by atoms with Crippen LogP contribution in [0.4, 0.5) is 0 Å². The fraction of sp³-hybridized carbons (Fsp3) is 0.125. The van der Waals surface area contributed by atoms with E-state index in [1.807, 2.05) is 50.2 Å². The van der Waals surface area contributed by atoms with Crippen molar-refractivity contribution in [2.75, 3.05) is 0 Å². The Kier molecular flexibility index (Phi) is 4.70. The predicted octanol–water partition coefficient (Wildman–Crippen LogP) is 3.01. The van der Waals surface area contributed by atoms with Crippen LogP contribution in [0, 0.1) is 25.2 Å². The third kappa shape index (κ3) is 3.36. The topological polar surface area (TPSA) is 137 Å². The van der Waals surface area contributed by atoms with Crippen LogP contribution in [0.3, 0.4) is 0 Å². The second-order valence-corrected chi connectivity index (χ2v) is 7.90. The second-order valence-electron chi connectivity index (χ2n) is 7.90. The van der Waals surface area contributed by atoms with Crippen molar-refractivity contribution in [3.63, 3.8) is 0 Å². The van der Waals surface area contributed by atoms with E-state index in [9.17, 15) is 5.26 Å². The van der Waals surface area contributed by atoms with Crippen LogP contribution >= 0.6 is 0 Å². The molecular formula is C24H17N11. The number of aromatic nitrogens is 10. The zero-order valence-corrected chi connectivity index (χ0v) is 18.8. The van der Waals surface area contributed by atoms with Crippen LogP contribution in [0.25, 0.3) is 34.0 Å². The molecule has 11 heteroatoms. The minimum absolute atomic E-state index is 0.566. The maximum Gasteiger partial charge on any atom is 0.169 e. The van der Waals surface area contributed by atoms with Gasteiger partial charge in [0.25, 0.3) is 0 Å². The highest BCUT2D eigenvalue weighted by atomic mass is 15.2. The van der Waals surface area contributed by atoms with E-state index in [1.165, 1.54) is 12.7 Å². The third-order valence-corrected chi connectivity index (χ3v) is 5.76. The molecule has 11 nitrogen and oxygen atoms in total. The quantitative estimate of drug-likeness (QED) is 0.389. The molecule has 0 aliphatic carbocycles.